The molecular formula is C19H26N4O5S. The van der Waals surface area contributed by atoms with Crippen LogP contribution in [0.3, 0.4) is 0 Å². The van der Waals surface area contributed by atoms with Crippen molar-refractivity contribution >= 4 is 33.2 Å². The van der Waals surface area contributed by atoms with Gasteiger partial charge in [-0.3, -0.25) is 9.59 Å². The maximum atomic E-state index is 12.5. The van der Waals surface area contributed by atoms with Crippen molar-refractivity contribution < 1.29 is 22.7 Å². The van der Waals surface area contributed by atoms with Gasteiger partial charge in [0.1, 0.15) is 5.71 Å². The van der Waals surface area contributed by atoms with Crippen LogP contribution >= 0.6 is 0 Å². The van der Waals surface area contributed by atoms with Crippen molar-refractivity contribution in [1.82, 2.24) is 9.62 Å². The van der Waals surface area contributed by atoms with Gasteiger partial charge in [-0.05, 0) is 31.0 Å². The van der Waals surface area contributed by atoms with Gasteiger partial charge in [-0.15, -0.1) is 0 Å². The largest absolute Gasteiger partial charge is 0.379 e. The lowest BCUT2D eigenvalue weighted by Gasteiger charge is -2.26. The summed E-state index contributed by atoms with van der Waals surface area (Å²) in [5.41, 5.74) is 2.73. The SMILES string of the molecule is Cc1ccc(C)c(N2N=C(C(=O)NCCS(=O)(=O)N3CCOCC3)CCC2=O)c1. The third-order valence-corrected chi connectivity index (χ3v) is 6.77. The van der Waals surface area contributed by atoms with E-state index < -0.39 is 15.9 Å². The van der Waals surface area contributed by atoms with E-state index in [-0.39, 0.29) is 36.8 Å². The van der Waals surface area contributed by atoms with Crippen molar-refractivity contribution in [3.63, 3.8) is 0 Å². The minimum absolute atomic E-state index is 0.0189. The number of nitrogens with zero attached hydrogens (tertiary/aromatic N) is 3. The normalized spacial score (nSPS) is 18.5. The molecule has 0 saturated carbocycles. The highest BCUT2D eigenvalue weighted by molar-refractivity contribution is 7.89. The van der Waals surface area contributed by atoms with Gasteiger partial charge >= 0.3 is 0 Å². The number of carbonyl (C=O) groups excluding carboxylic acids is 2. The number of hydrazone groups is 1. The topological polar surface area (TPSA) is 108 Å². The summed E-state index contributed by atoms with van der Waals surface area (Å²) < 4.78 is 31.2. The Morgan fingerprint density at radius 2 is 1.93 bits per heavy atom. The first-order valence-electron chi connectivity index (χ1n) is 9.59. The quantitative estimate of drug-likeness (QED) is 0.721. The minimum Gasteiger partial charge on any atom is -0.379 e. The molecule has 3 rings (SSSR count). The molecule has 2 aliphatic rings. The molecule has 1 saturated heterocycles. The molecule has 0 bridgehead atoms. The second-order valence-electron chi connectivity index (χ2n) is 7.13. The van der Waals surface area contributed by atoms with E-state index >= 15 is 0 Å². The maximum absolute atomic E-state index is 12.5. The fourth-order valence-corrected chi connectivity index (χ4v) is 4.53. The highest BCUT2D eigenvalue weighted by atomic mass is 32.2. The van der Waals surface area contributed by atoms with Gasteiger partial charge in [-0.25, -0.2) is 13.4 Å². The lowest BCUT2D eigenvalue weighted by molar-refractivity contribution is -0.118. The minimum atomic E-state index is -3.45. The predicted molar refractivity (Wildman–Crippen MR) is 109 cm³/mol. The number of aryl methyl sites for hydroxylation is 2. The van der Waals surface area contributed by atoms with E-state index in [0.717, 1.165) is 11.1 Å². The zero-order valence-corrected chi connectivity index (χ0v) is 17.5. The van der Waals surface area contributed by atoms with Crippen LogP contribution in [0.15, 0.2) is 23.3 Å². The molecule has 10 heteroatoms. The molecule has 158 valence electrons. The Labute approximate surface area is 170 Å². The van der Waals surface area contributed by atoms with E-state index in [1.807, 2.05) is 32.0 Å². The van der Waals surface area contributed by atoms with Crippen LogP contribution in [0, 0.1) is 13.8 Å². The van der Waals surface area contributed by atoms with Crippen molar-refractivity contribution in [2.24, 2.45) is 5.10 Å². The van der Waals surface area contributed by atoms with Gasteiger partial charge in [0.15, 0.2) is 0 Å². The van der Waals surface area contributed by atoms with Gasteiger partial charge in [0.2, 0.25) is 15.9 Å². The number of hydrogen-bond acceptors (Lipinski definition) is 6. The number of benzene rings is 1. The van der Waals surface area contributed by atoms with Gasteiger partial charge in [-0.1, -0.05) is 12.1 Å². The van der Waals surface area contributed by atoms with E-state index in [1.54, 1.807) is 0 Å². The first-order chi connectivity index (χ1) is 13.8. The summed E-state index contributed by atoms with van der Waals surface area (Å²) in [4.78, 5) is 24.8. The molecule has 1 aromatic carbocycles. The number of hydrogen-bond donors (Lipinski definition) is 1. The highest BCUT2D eigenvalue weighted by Gasteiger charge is 2.28. The van der Waals surface area contributed by atoms with E-state index in [0.29, 0.717) is 32.0 Å². The second kappa shape index (κ2) is 9.02. The third-order valence-electron chi connectivity index (χ3n) is 4.90. The van der Waals surface area contributed by atoms with Gasteiger partial charge in [0, 0.05) is 32.5 Å². The summed E-state index contributed by atoms with van der Waals surface area (Å²) in [5.74, 6) is -0.818. The van der Waals surface area contributed by atoms with Crippen molar-refractivity contribution in [3.8, 4) is 0 Å². The lowest BCUT2D eigenvalue weighted by atomic mass is 10.1. The Balaban J connectivity index is 1.64. The smallest absolute Gasteiger partial charge is 0.267 e. The van der Waals surface area contributed by atoms with Crippen LogP contribution < -0.4 is 10.3 Å². The number of carbonyl (C=O) groups is 2. The van der Waals surface area contributed by atoms with Crippen molar-refractivity contribution in [3.05, 3.63) is 29.3 Å². The summed E-state index contributed by atoms with van der Waals surface area (Å²) in [7, 11) is -3.45. The number of rotatable bonds is 6. The molecule has 9 nitrogen and oxygen atoms in total. The van der Waals surface area contributed by atoms with E-state index in [1.165, 1.54) is 9.31 Å². The van der Waals surface area contributed by atoms with Gasteiger partial charge in [0.25, 0.3) is 5.91 Å². The average Bonchev–Trinajstić information content (AvgIpc) is 2.71. The fraction of sp³-hybridized carbons (Fsp3) is 0.526. The van der Waals surface area contributed by atoms with Gasteiger partial charge < -0.3 is 10.1 Å². The molecule has 1 aromatic rings. The van der Waals surface area contributed by atoms with Crippen LogP contribution in [0.5, 0.6) is 0 Å². The average molecular weight is 423 g/mol. The molecule has 0 aliphatic carbocycles. The molecule has 2 amide bonds. The summed E-state index contributed by atoms with van der Waals surface area (Å²) in [6.45, 7) is 5.20. The highest BCUT2D eigenvalue weighted by Crippen LogP contribution is 2.25. The predicted octanol–water partition coefficient (Wildman–Crippen LogP) is 0.564. The summed E-state index contributed by atoms with van der Waals surface area (Å²) in [6, 6.07) is 5.70. The molecule has 0 unspecified atom stereocenters. The van der Waals surface area contributed by atoms with Crippen molar-refractivity contribution in [1.29, 1.82) is 0 Å². The summed E-state index contributed by atoms with van der Waals surface area (Å²) in [6.07, 6.45) is 0.397. The van der Waals surface area contributed by atoms with Crippen LogP contribution in [0.2, 0.25) is 0 Å². The Bertz CT molecular complexity index is 923. The van der Waals surface area contributed by atoms with Crippen molar-refractivity contribution in [2.75, 3.05) is 43.6 Å². The monoisotopic (exact) mass is 422 g/mol. The molecule has 2 aliphatic heterocycles. The zero-order valence-electron chi connectivity index (χ0n) is 16.7. The number of ether oxygens (including phenoxy) is 1. The molecule has 0 atom stereocenters. The maximum Gasteiger partial charge on any atom is 0.267 e. The lowest BCUT2D eigenvalue weighted by Crippen LogP contribution is -2.45. The number of anilines is 1. The van der Waals surface area contributed by atoms with Gasteiger partial charge in [-0.2, -0.15) is 9.41 Å². The Morgan fingerprint density at radius 1 is 1.21 bits per heavy atom. The first-order valence-corrected chi connectivity index (χ1v) is 11.2. The fourth-order valence-electron chi connectivity index (χ4n) is 3.20. The molecule has 2 heterocycles. The number of morpholine rings is 1. The zero-order chi connectivity index (χ0) is 21.0. The number of sulfonamides is 1. The first kappa shape index (κ1) is 21.4. The standard InChI is InChI=1S/C19H26N4O5S/c1-14-3-4-15(2)17(13-14)23-18(24)6-5-16(21-23)19(25)20-7-12-29(26,27)22-8-10-28-11-9-22/h3-4,13H,5-12H2,1-2H3,(H,20,25). The van der Waals surface area contributed by atoms with Crippen LogP contribution in [0.25, 0.3) is 0 Å². The van der Waals surface area contributed by atoms with E-state index in [2.05, 4.69) is 10.4 Å². The molecular weight excluding hydrogens is 396 g/mol. The van der Waals surface area contributed by atoms with Crippen molar-refractivity contribution in [2.45, 2.75) is 26.7 Å². The summed E-state index contributed by atoms with van der Waals surface area (Å²) in [5, 5.41) is 8.14. The second-order valence-corrected chi connectivity index (χ2v) is 9.21. The van der Waals surface area contributed by atoms with Crippen LogP contribution in [-0.4, -0.2) is 68.8 Å². The van der Waals surface area contributed by atoms with E-state index in [9.17, 15) is 18.0 Å². The number of nitrogens with one attached hydrogen (secondary N) is 1. The molecule has 0 spiro atoms. The number of amides is 2. The molecule has 0 aromatic heterocycles. The Kier molecular flexibility index (Phi) is 6.66. The van der Waals surface area contributed by atoms with Crippen LogP contribution in [0.1, 0.15) is 24.0 Å². The van der Waals surface area contributed by atoms with E-state index in [4.69, 9.17) is 4.74 Å². The summed E-state index contributed by atoms with van der Waals surface area (Å²) >= 11 is 0. The molecule has 1 N–H and O–H groups in total. The van der Waals surface area contributed by atoms with Crippen LogP contribution in [0.4, 0.5) is 5.69 Å². The molecule has 1 fully saturated rings. The Hall–Kier alpha value is -2.30. The van der Waals surface area contributed by atoms with Crippen LogP contribution in [-0.2, 0) is 24.3 Å². The molecule has 29 heavy (non-hydrogen) atoms. The molecule has 0 radical (unpaired) electrons. The Morgan fingerprint density at radius 3 is 2.66 bits per heavy atom. The van der Waals surface area contributed by atoms with Gasteiger partial charge in [0.05, 0.1) is 24.7 Å². The third kappa shape index (κ3) is 5.20.